The molecule has 0 bridgehead atoms. The van der Waals surface area contributed by atoms with Gasteiger partial charge in [-0.25, -0.2) is 4.79 Å². The Hall–Kier alpha value is -2.32. The minimum Gasteiger partial charge on any atom is -0.487 e. The van der Waals surface area contributed by atoms with Crippen molar-refractivity contribution in [2.24, 2.45) is 0 Å². The zero-order valence-corrected chi connectivity index (χ0v) is 19.1. The Bertz CT molecular complexity index is 866. The summed E-state index contributed by atoms with van der Waals surface area (Å²) in [5.41, 5.74) is 1.72. The lowest BCUT2D eigenvalue weighted by molar-refractivity contribution is -0.142. The Morgan fingerprint density at radius 2 is 1.70 bits per heavy atom. The molecule has 4 N–H and O–H groups in total. The van der Waals surface area contributed by atoms with E-state index in [4.69, 9.17) is 9.47 Å². The number of hydrogen-bond donors (Lipinski definition) is 4. The third kappa shape index (κ3) is 5.11. The van der Waals surface area contributed by atoms with E-state index in [1.165, 1.54) is 12.8 Å². The van der Waals surface area contributed by atoms with E-state index in [2.05, 4.69) is 16.0 Å². The van der Waals surface area contributed by atoms with E-state index in [0.717, 1.165) is 55.5 Å². The number of urea groups is 1. The van der Waals surface area contributed by atoms with Crippen LogP contribution in [0, 0.1) is 0 Å². The van der Waals surface area contributed by atoms with Crippen molar-refractivity contribution in [1.82, 2.24) is 10.6 Å². The third-order valence-electron chi connectivity index (χ3n) is 7.58. The molecule has 2 aliphatic carbocycles. The standard InChI is InChI=1S/C25H35N3O5/c29-14-22-24-20(12-18(32-22)13-23(30)26-15-5-1-2-6-15)19-11-17(9-10-21(19)33-24)28-25(31)27-16-7-3-4-8-16/h9-11,15-16,18,20,22,24,29H,1-8,12-14H2,(H,26,30)(H2,27,28,31)/t18-,20-,22-,24+/m0/s1. The lowest BCUT2D eigenvalue weighted by atomic mass is 9.84. The highest BCUT2D eigenvalue weighted by atomic mass is 16.6. The summed E-state index contributed by atoms with van der Waals surface area (Å²) in [6.45, 7) is -0.162. The molecule has 2 heterocycles. The molecular weight excluding hydrogens is 422 g/mol. The van der Waals surface area contributed by atoms with Crippen molar-refractivity contribution in [3.63, 3.8) is 0 Å². The van der Waals surface area contributed by atoms with E-state index in [-0.39, 0.29) is 55.2 Å². The number of rotatable bonds is 6. The Labute approximate surface area is 194 Å². The van der Waals surface area contributed by atoms with Crippen LogP contribution in [0.25, 0.3) is 0 Å². The summed E-state index contributed by atoms with van der Waals surface area (Å²) in [6.07, 6.45) is 8.72. The molecule has 0 aromatic heterocycles. The number of carbonyl (C=O) groups is 2. The van der Waals surface area contributed by atoms with Gasteiger partial charge in [0.25, 0.3) is 0 Å². The fraction of sp³-hybridized carbons (Fsp3) is 0.680. The maximum absolute atomic E-state index is 12.6. The van der Waals surface area contributed by atoms with Crippen molar-refractivity contribution in [1.29, 1.82) is 0 Å². The molecule has 4 atom stereocenters. The van der Waals surface area contributed by atoms with Crippen LogP contribution in [0.15, 0.2) is 18.2 Å². The number of amides is 3. The highest BCUT2D eigenvalue weighted by molar-refractivity contribution is 5.89. The van der Waals surface area contributed by atoms with Gasteiger partial charge in [-0.3, -0.25) is 4.79 Å². The first-order valence-corrected chi connectivity index (χ1v) is 12.5. The number of fused-ring (bicyclic) bond motifs is 3. The van der Waals surface area contributed by atoms with Crippen molar-refractivity contribution in [3.8, 4) is 5.75 Å². The molecule has 180 valence electrons. The minimum atomic E-state index is -0.484. The van der Waals surface area contributed by atoms with E-state index in [1.807, 2.05) is 18.2 Å². The Balaban J connectivity index is 1.24. The van der Waals surface area contributed by atoms with Gasteiger partial charge in [-0.05, 0) is 50.3 Å². The summed E-state index contributed by atoms with van der Waals surface area (Å²) in [5, 5.41) is 19.1. The van der Waals surface area contributed by atoms with Gasteiger partial charge in [0.05, 0.1) is 19.1 Å². The molecule has 3 fully saturated rings. The van der Waals surface area contributed by atoms with E-state index in [0.29, 0.717) is 6.42 Å². The molecule has 8 nitrogen and oxygen atoms in total. The molecule has 3 amide bonds. The van der Waals surface area contributed by atoms with Crippen molar-refractivity contribution < 1.29 is 24.2 Å². The number of aliphatic hydroxyl groups is 1. The van der Waals surface area contributed by atoms with Crippen LogP contribution in [-0.4, -0.2) is 54.0 Å². The first-order valence-electron chi connectivity index (χ1n) is 12.5. The van der Waals surface area contributed by atoms with Crippen LogP contribution in [0.2, 0.25) is 0 Å². The molecule has 5 rings (SSSR count). The van der Waals surface area contributed by atoms with Crippen LogP contribution in [-0.2, 0) is 9.53 Å². The fourth-order valence-electron chi connectivity index (χ4n) is 5.95. The van der Waals surface area contributed by atoms with E-state index in [9.17, 15) is 14.7 Å². The highest BCUT2D eigenvalue weighted by Crippen LogP contribution is 2.47. The normalized spacial score (nSPS) is 29.2. The molecule has 2 saturated carbocycles. The summed E-state index contributed by atoms with van der Waals surface area (Å²) in [5.74, 6) is 0.778. The topological polar surface area (TPSA) is 109 Å². The molecule has 0 unspecified atom stereocenters. The van der Waals surface area contributed by atoms with Crippen LogP contribution >= 0.6 is 0 Å². The third-order valence-corrected chi connectivity index (χ3v) is 7.58. The molecule has 4 aliphatic rings. The molecule has 1 aromatic rings. The number of benzene rings is 1. The predicted molar refractivity (Wildman–Crippen MR) is 123 cm³/mol. The maximum atomic E-state index is 12.6. The summed E-state index contributed by atoms with van der Waals surface area (Å²) < 4.78 is 12.2. The fourth-order valence-corrected chi connectivity index (χ4v) is 5.95. The zero-order valence-electron chi connectivity index (χ0n) is 19.1. The second kappa shape index (κ2) is 9.89. The van der Waals surface area contributed by atoms with Crippen molar-refractivity contribution in [3.05, 3.63) is 23.8 Å². The lowest BCUT2D eigenvalue weighted by Gasteiger charge is -2.37. The highest BCUT2D eigenvalue weighted by Gasteiger charge is 2.46. The van der Waals surface area contributed by atoms with Crippen LogP contribution in [0.4, 0.5) is 10.5 Å². The monoisotopic (exact) mass is 457 g/mol. The Kier molecular flexibility index (Phi) is 6.74. The van der Waals surface area contributed by atoms with Crippen LogP contribution in [0.3, 0.4) is 0 Å². The molecule has 1 saturated heterocycles. The quantitative estimate of drug-likeness (QED) is 0.525. The Morgan fingerprint density at radius 3 is 2.39 bits per heavy atom. The molecule has 0 radical (unpaired) electrons. The summed E-state index contributed by atoms with van der Waals surface area (Å²) >= 11 is 0. The smallest absolute Gasteiger partial charge is 0.319 e. The van der Waals surface area contributed by atoms with Crippen molar-refractivity contribution >= 4 is 17.6 Å². The summed E-state index contributed by atoms with van der Waals surface area (Å²) in [6, 6.07) is 6.02. The summed E-state index contributed by atoms with van der Waals surface area (Å²) in [7, 11) is 0. The SMILES string of the molecule is O=C(C[C@@H]1C[C@H]2c3cc(NC(=O)NC4CCCC4)ccc3O[C@H]2[C@H](CO)O1)NC1CCCC1. The largest absolute Gasteiger partial charge is 0.487 e. The van der Waals surface area contributed by atoms with Gasteiger partial charge in [-0.2, -0.15) is 0 Å². The van der Waals surface area contributed by atoms with Gasteiger partial charge in [0.2, 0.25) is 5.91 Å². The second-order valence-corrected chi connectivity index (χ2v) is 9.99. The molecule has 8 heteroatoms. The van der Waals surface area contributed by atoms with E-state index >= 15 is 0 Å². The number of carbonyl (C=O) groups excluding carboxylic acids is 2. The number of hydrogen-bond acceptors (Lipinski definition) is 5. The van der Waals surface area contributed by atoms with Gasteiger partial charge in [0, 0.05) is 29.3 Å². The van der Waals surface area contributed by atoms with Gasteiger partial charge >= 0.3 is 6.03 Å². The van der Waals surface area contributed by atoms with Gasteiger partial charge in [-0.1, -0.05) is 25.7 Å². The number of anilines is 1. The van der Waals surface area contributed by atoms with Crippen LogP contribution in [0.5, 0.6) is 5.75 Å². The molecule has 1 aromatic carbocycles. The van der Waals surface area contributed by atoms with Crippen molar-refractivity contribution in [2.45, 2.75) is 101 Å². The predicted octanol–water partition coefficient (Wildman–Crippen LogP) is 3.19. The number of ether oxygens (including phenoxy) is 2. The zero-order chi connectivity index (χ0) is 22.8. The average molecular weight is 458 g/mol. The number of nitrogens with one attached hydrogen (secondary N) is 3. The molecule has 2 aliphatic heterocycles. The molecule has 0 spiro atoms. The lowest BCUT2D eigenvalue weighted by Crippen LogP contribution is -2.47. The van der Waals surface area contributed by atoms with Gasteiger partial charge in [0.1, 0.15) is 18.0 Å². The second-order valence-electron chi connectivity index (χ2n) is 9.99. The number of aliphatic hydroxyl groups excluding tert-OH is 1. The molecular formula is C25H35N3O5. The van der Waals surface area contributed by atoms with Gasteiger partial charge < -0.3 is 30.5 Å². The minimum absolute atomic E-state index is 0.00910. The average Bonchev–Trinajstić information content (AvgIpc) is 3.55. The first-order chi connectivity index (χ1) is 16.1. The van der Waals surface area contributed by atoms with Crippen molar-refractivity contribution in [2.75, 3.05) is 11.9 Å². The van der Waals surface area contributed by atoms with Crippen LogP contribution < -0.4 is 20.7 Å². The first kappa shape index (κ1) is 22.5. The Morgan fingerprint density at radius 1 is 1.00 bits per heavy atom. The maximum Gasteiger partial charge on any atom is 0.319 e. The van der Waals surface area contributed by atoms with E-state index in [1.54, 1.807) is 0 Å². The molecule has 33 heavy (non-hydrogen) atoms. The summed E-state index contributed by atoms with van der Waals surface area (Å²) in [4.78, 5) is 25.0. The van der Waals surface area contributed by atoms with E-state index < -0.39 is 6.10 Å². The van der Waals surface area contributed by atoms with Crippen LogP contribution in [0.1, 0.15) is 75.7 Å². The van der Waals surface area contributed by atoms with Gasteiger partial charge in [-0.15, -0.1) is 0 Å². The van der Waals surface area contributed by atoms with Gasteiger partial charge in [0.15, 0.2) is 0 Å².